The summed E-state index contributed by atoms with van der Waals surface area (Å²) in [5, 5.41) is 17.3. The fourth-order valence-electron chi connectivity index (χ4n) is 1.63. The summed E-state index contributed by atoms with van der Waals surface area (Å²) in [6.45, 7) is 1.97. The van der Waals surface area contributed by atoms with E-state index in [1.807, 2.05) is 12.3 Å². The van der Waals surface area contributed by atoms with Gasteiger partial charge in [0.05, 0.1) is 11.1 Å². The van der Waals surface area contributed by atoms with Crippen molar-refractivity contribution in [3.05, 3.63) is 23.4 Å². The van der Waals surface area contributed by atoms with Gasteiger partial charge in [-0.3, -0.25) is 15.3 Å². The fourth-order valence-corrected chi connectivity index (χ4v) is 1.63. The van der Waals surface area contributed by atoms with Crippen LogP contribution in [0.1, 0.15) is 23.0 Å². The Hall–Kier alpha value is -2.08. The molecule has 6 nitrogen and oxygen atoms in total. The SMILES string of the molecule is CCc1[nH]nc2cc(O)c(C(=O)NN)cc12. The summed E-state index contributed by atoms with van der Waals surface area (Å²) in [5.41, 5.74) is 3.68. The van der Waals surface area contributed by atoms with E-state index in [1.54, 1.807) is 6.07 Å². The molecule has 5 N–H and O–H groups in total. The molecule has 2 aromatic rings. The minimum atomic E-state index is -0.525. The summed E-state index contributed by atoms with van der Waals surface area (Å²) in [6, 6.07) is 3.02. The van der Waals surface area contributed by atoms with E-state index in [4.69, 9.17) is 5.84 Å². The standard InChI is InChI=1S/C10H12N4O2/c1-2-7-5-3-6(10(16)12-11)9(15)4-8(5)14-13-7/h3-4,15H,2,11H2,1H3,(H,12,16)(H,13,14). The lowest BCUT2D eigenvalue weighted by atomic mass is 10.1. The zero-order valence-electron chi connectivity index (χ0n) is 8.74. The molecule has 0 saturated carbocycles. The van der Waals surface area contributed by atoms with Crippen LogP contribution in [0.2, 0.25) is 0 Å². The highest BCUT2D eigenvalue weighted by Crippen LogP contribution is 2.25. The smallest absolute Gasteiger partial charge is 0.268 e. The minimum Gasteiger partial charge on any atom is -0.507 e. The number of amides is 1. The number of nitrogens with zero attached hydrogens (tertiary/aromatic N) is 1. The lowest BCUT2D eigenvalue weighted by Gasteiger charge is -2.03. The molecule has 0 aliphatic heterocycles. The molecule has 2 rings (SSSR count). The second-order valence-corrected chi connectivity index (χ2v) is 3.42. The number of benzene rings is 1. The number of carbonyl (C=O) groups excluding carboxylic acids is 1. The van der Waals surface area contributed by atoms with E-state index in [2.05, 4.69) is 10.2 Å². The Kier molecular flexibility index (Phi) is 2.49. The number of hydrazine groups is 1. The Morgan fingerprint density at radius 3 is 3.00 bits per heavy atom. The van der Waals surface area contributed by atoms with Crippen LogP contribution >= 0.6 is 0 Å². The third kappa shape index (κ3) is 1.49. The van der Waals surface area contributed by atoms with Crippen molar-refractivity contribution in [1.29, 1.82) is 0 Å². The van der Waals surface area contributed by atoms with Crippen LogP contribution in [-0.4, -0.2) is 21.2 Å². The van der Waals surface area contributed by atoms with Crippen LogP contribution in [0.15, 0.2) is 12.1 Å². The number of nitrogens with one attached hydrogen (secondary N) is 2. The van der Waals surface area contributed by atoms with E-state index >= 15 is 0 Å². The number of hydrogen-bond donors (Lipinski definition) is 4. The first-order chi connectivity index (χ1) is 7.67. The number of nitrogen functional groups attached to an aromatic ring is 1. The molecule has 0 fully saturated rings. The van der Waals surface area contributed by atoms with Gasteiger partial charge >= 0.3 is 0 Å². The fraction of sp³-hybridized carbons (Fsp3) is 0.200. The van der Waals surface area contributed by atoms with E-state index in [9.17, 15) is 9.90 Å². The Labute approximate surface area is 91.4 Å². The molecular formula is C10H12N4O2. The Bertz CT molecular complexity index is 547. The van der Waals surface area contributed by atoms with Crippen LogP contribution in [0.25, 0.3) is 10.9 Å². The number of H-pyrrole nitrogens is 1. The van der Waals surface area contributed by atoms with Gasteiger partial charge < -0.3 is 5.11 Å². The molecule has 0 bridgehead atoms. The van der Waals surface area contributed by atoms with E-state index in [0.717, 1.165) is 17.5 Å². The summed E-state index contributed by atoms with van der Waals surface area (Å²) in [6.07, 6.45) is 0.769. The topological polar surface area (TPSA) is 104 Å². The van der Waals surface area contributed by atoms with Gasteiger partial charge in [-0.1, -0.05) is 6.92 Å². The number of hydrogen-bond acceptors (Lipinski definition) is 4. The average Bonchev–Trinajstić information content (AvgIpc) is 2.68. The van der Waals surface area contributed by atoms with Crippen molar-refractivity contribution >= 4 is 16.8 Å². The van der Waals surface area contributed by atoms with Gasteiger partial charge in [0, 0.05) is 17.1 Å². The number of nitrogens with two attached hydrogens (primary N) is 1. The summed E-state index contributed by atoms with van der Waals surface area (Å²) in [7, 11) is 0. The largest absolute Gasteiger partial charge is 0.507 e. The zero-order valence-corrected chi connectivity index (χ0v) is 8.74. The predicted octanol–water partition coefficient (Wildman–Crippen LogP) is 0.434. The molecule has 0 atom stereocenters. The van der Waals surface area contributed by atoms with Gasteiger partial charge in [0.25, 0.3) is 5.91 Å². The number of aromatic hydroxyl groups is 1. The van der Waals surface area contributed by atoms with Crippen LogP contribution in [0.3, 0.4) is 0 Å². The quantitative estimate of drug-likeness (QED) is 0.335. The number of fused-ring (bicyclic) bond motifs is 1. The Balaban J connectivity index is 2.67. The van der Waals surface area contributed by atoms with Crippen molar-refractivity contribution in [3.63, 3.8) is 0 Å². The van der Waals surface area contributed by atoms with E-state index in [1.165, 1.54) is 6.07 Å². The first-order valence-corrected chi connectivity index (χ1v) is 4.88. The van der Waals surface area contributed by atoms with Gasteiger partial charge in [-0.15, -0.1) is 0 Å². The molecule has 6 heteroatoms. The van der Waals surface area contributed by atoms with Gasteiger partial charge in [-0.25, -0.2) is 5.84 Å². The van der Waals surface area contributed by atoms with Gasteiger partial charge in [-0.05, 0) is 12.5 Å². The molecule has 0 radical (unpaired) electrons. The summed E-state index contributed by atoms with van der Waals surface area (Å²) < 4.78 is 0. The van der Waals surface area contributed by atoms with Gasteiger partial charge in [0.2, 0.25) is 0 Å². The maximum absolute atomic E-state index is 11.4. The molecule has 16 heavy (non-hydrogen) atoms. The average molecular weight is 220 g/mol. The molecule has 1 aromatic heterocycles. The normalized spacial score (nSPS) is 10.6. The number of phenols is 1. The van der Waals surface area contributed by atoms with E-state index in [0.29, 0.717) is 5.52 Å². The second-order valence-electron chi connectivity index (χ2n) is 3.42. The van der Waals surface area contributed by atoms with Crippen molar-refractivity contribution in [1.82, 2.24) is 15.6 Å². The molecule has 0 aliphatic rings. The van der Waals surface area contributed by atoms with Crippen LogP contribution in [0.4, 0.5) is 0 Å². The number of phenolic OH excluding ortho intramolecular Hbond substituents is 1. The first-order valence-electron chi connectivity index (χ1n) is 4.88. The lowest BCUT2D eigenvalue weighted by Crippen LogP contribution is -2.30. The highest BCUT2D eigenvalue weighted by atomic mass is 16.3. The highest BCUT2D eigenvalue weighted by molar-refractivity contribution is 6.01. The lowest BCUT2D eigenvalue weighted by molar-refractivity contribution is 0.0951. The molecule has 0 unspecified atom stereocenters. The summed E-state index contributed by atoms with van der Waals surface area (Å²) >= 11 is 0. The Morgan fingerprint density at radius 2 is 2.38 bits per heavy atom. The number of carbonyl (C=O) groups is 1. The van der Waals surface area contributed by atoms with Crippen molar-refractivity contribution < 1.29 is 9.90 Å². The van der Waals surface area contributed by atoms with Gasteiger partial charge in [-0.2, -0.15) is 5.10 Å². The maximum Gasteiger partial charge on any atom is 0.268 e. The summed E-state index contributed by atoms with van der Waals surface area (Å²) in [5.74, 6) is 4.37. The van der Waals surface area contributed by atoms with Gasteiger partial charge in [0.1, 0.15) is 5.75 Å². The number of aryl methyl sites for hydroxylation is 1. The van der Waals surface area contributed by atoms with E-state index in [-0.39, 0.29) is 11.3 Å². The molecule has 1 aromatic carbocycles. The van der Waals surface area contributed by atoms with Crippen molar-refractivity contribution in [2.75, 3.05) is 0 Å². The third-order valence-electron chi connectivity index (χ3n) is 2.48. The molecule has 84 valence electrons. The van der Waals surface area contributed by atoms with E-state index < -0.39 is 5.91 Å². The third-order valence-corrected chi connectivity index (χ3v) is 2.48. The molecular weight excluding hydrogens is 208 g/mol. The highest BCUT2D eigenvalue weighted by Gasteiger charge is 2.14. The van der Waals surface area contributed by atoms with Crippen LogP contribution in [0.5, 0.6) is 5.75 Å². The molecule has 1 heterocycles. The molecule has 1 amide bonds. The van der Waals surface area contributed by atoms with Gasteiger partial charge in [0.15, 0.2) is 0 Å². The zero-order chi connectivity index (χ0) is 11.7. The van der Waals surface area contributed by atoms with Crippen LogP contribution in [-0.2, 0) is 6.42 Å². The first kappa shape index (κ1) is 10.4. The molecule has 0 spiro atoms. The number of rotatable bonds is 2. The maximum atomic E-state index is 11.4. The number of aromatic nitrogens is 2. The van der Waals surface area contributed by atoms with Crippen molar-refractivity contribution in [2.24, 2.45) is 5.84 Å². The predicted molar refractivity (Wildman–Crippen MR) is 58.8 cm³/mol. The molecule has 0 aliphatic carbocycles. The van der Waals surface area contributed by atoms with Crippen molar-refractivity contribution in [2.45, 2.75) is 13.3 Å². The second kappa shape index (κ2) is 3.82. The number of aromatic amines is 1. The minimum absolute atomic E-state index is 0.135. The molecule has 0 saturated heterocycles. The monoisotopic (exact) mass is 220 g/mol. The van der Waals surface area contributed by atoms with Crippen LogP contribution < -0.4 is 11.3 Å². The Morgan fingerprint density at radius 1 is 1.62 bits per heavy atom. The summed E-state index contributed by atoms with van der Waals surface area (Å²) in [4.78, 5) is 11.4. The van der Waals surface area contributed by atoms with Crippen LogP contribution in [0, 0.1) is 0 Å². The van der Waals surface area contributed by atoms with Crippen molar-refractivity contribution in [3.8, 4) is 5.75 Å².